The van der Waals surface area contributed by atoms with Crippen molar-refractivity contribution in [2.45, 2.75) is 39.3 Å². The third kappa shape index (κ3) is 3.16. The fourth-order valence-corrected chi connectivity index (χ4v) is 2.70. The van der Waals surface area contributed by atoms with Gasteiger partial charge in [0.2, 0.25) is 0 Å². The quantitative estimate of drug-likeness (QED) is 0.727. The zero-order valence-corrected chi connectivity index (χ0v) is 13.1. The first kappa shape index (κ1) is 15.4. The highest BCUT2D eigenvalue weighted by molar-refractivity contribution is 5.22. The molecular weight excluding hydrogens is 298 g/mol. The fraction of sp³-hybridized carbons (Fsp3) is 0.467. The molecule has 8 nitrogen and oxygen atoms in total. The SMILES string of the molecule is CC(C)c1nc2c(c(=O)[nH]1)CN(Cc1c[nH]c(=O)[nH]c1=O)CC2. The van der Waals surface area contributed by atoms with E-state index in [1.807, 2.05) is 18.7 Å². The van der Waals surface area contributed by atoms with Crippen molar-refractivity contribution in [2.75, 3.05) is 6.54 Å². The molecule has 0 aromatic carbocycles. The Bertz CT molecular complexity index is 893. The minimum absolute atomic E-state index is 0.112. The summed E-state index contributed by atoms with van der Waals surface area (Å²) in [6, 6.07) is 0. The van der Waals surface area contributed by atoms with Gasteiger partial charge in [0, 0.05) is 43.7 Å². The van der Waals surface area contributed by atoms with Gasteiger partial charge in [-0.1, -0.05) is 13.8 Å². The minimum Gasteiger partial charge on any atom is -0.314 e. The van der Waals surface area contributed by atoms with Crippen LogP contribution in [0, 0.1) is 0 Å². The Labute approximate surface area is 131 Å². The van der Waals surface area contributed by atoms with E-state index in [9.17, 15) is 14.4 Å². The van der Waals surface area contributed by atoms with Crippen LogP contribution in [-0.4, -0.2) is 31.4 Å². The molecule has 0 unspecified atom stereocenters. The Morgan fingerprint density at radius 2 is 2.00 bits per heavy atom. The van der Waals surface area contributed by atoms with Crippen LogP contribution in [0.1, 0.15) is 42.4 Å². The topological polar surface area (TPSA) is 115 Å². The van der Waals surface area contributed by atoms with Crippen molar-refractivity contribution in [1.29, 1.82) is 0 Å². The molecule has 3 rings (SSSR count). The molecule has 122 valence electrons. The molecule has 0 bridgehead atoms. The lowest BCUT2D eigenvalue weighted by Gasteiger charge is -2.27. The Hall–Kier alpha value is -2.48. The summed E-state index contributed by atoms with van der Waals surface area (Å²) in [5, 5.41) is 0. The number of H-pyrrole nitrogens is 3. The molecule has 1 aliphatic rings. The lowest BCUT2D eigenvalue weighted by atomic mass is 10.1. The maximum absolute atomic E-state index is 12.3. The number of hydrogen-bond donors (Lipinski definition) is 3. The summed E-state index contributed by atoms with van der Waals surface area (Å²) in [6.07, 6.45) is 2.08. The second-order valence-electron chi connectivity index (χ2n) is 6.09. The van der Waals surface area contributed by atoms with Crippen molar-refractivity contribution in [3.05, 3.63) is 60.0 Å². The van der Waals surface area contributed by atoms with E-state index in [2.05, 4.69) is 19.9 Å². The van der Waals surface area contributed by atoms with Crippen molar-refractivity contribution < 1.29 is 0 Å². The number of rotatable bonds is 3. The van der Waals surface area contributed by atoms with Gasteiger partial charge in [0.05, 0.1) is 11.3 Å². The van der Waals surface area contributed by atoms with Crippen LogP contribution in [0.25, 0.3) is 0 Å². The number of aromatic nitrogens is 4. The predicted octanol–water partition coefficient (Wildman–Crippen LogP) is -0.172. The average molecular weight is 317 g/mol. The maximum atomic E-state index is 12.3. The predicted molar refractivity (Wildman–Crippen MR) is 84.4 cm³/mol. The van der Waals surface area contributed by atoms with Crippen molar-refractivity contribution in [1.82, 2.24) is 24.8 Å². The summed E-state index contributed by atoms with van der Waals surface area (Å²) in [5.41, 5.74) is 0.923. The Balaban J connectivity index is 1.84. The Kier molecular flexibility index (Phi) is 3.99. The highest BCUT2D eigenvalue weighted by Gasteiger charge is 2.22. The van der Waals surface area contributed by atoms with Gasteiger partial charge >= 0.3 is 5.69 Å². The molecule has 0 saturated heterocycles. The fourth-order valence-electron chi connectivity index (χ4n) is 2.70. The molecule has 0 aliphatic carbocycles. The van der Waals surface area contributed by atoms with Gasteiger partial charge in [-0.15, -0.1) is 0 Å². The standard InChI is InChI=1S/C15H19N5O3/c1-8(2)12-17-11-3-4-20(7-10(11)14(22)18-12)6-9-5-16-15(23)19-13(9)21/h5,8H,3-4,6-7H2,1-2H3,(H,17,18,22)(H2,16,19,21,23). The van der Waals surface area contributed by atoms with Gasteiger partial charge in [-0.05, 0) is 0 Å². The van der Waals surface area contributed by atoms with E-state index < -0.39 is 11.2 Å². The molecular formula is C15H19N5O3. The molecule has 0 spiro atoms. The maximum Gasteiger partial charge on any atom is 0.325 e. The average Bonchev–Trinajstić information content (AvgIpc) is 2.50. The summed E-state index contributed by atoms with van der Waals surface area (Å²) in [7, 11) is 0. The van der Waals surface area contributed by atoms with Gasteiger partial charge < -0.3 is 9.97 Å². The van der Waals surface area contributed by atoms with Gasteiger partial charge in [0.1, 0.15) is 5.82 Å². The zero-order valence-electron chi connectivity index (χ0n) is 13.1. The second kappa shape index (κ2) is 5.96. The third-order valence-electron chi connectivity index (χ3n) is 4.00. The number of nitrogens with zero attached hydrogens (tertiary/aromatic N) is 2. The van der Waals surface area contributed by atoms with E-state index >= 15 is 0 Å². The summed E-state index contributed by atoms with van der Waals surface area (Å²) in [4.78, 5) is 49.1. The highest BCUT2D eigenvalue weighted by Crippen LogP contribution is 2.17. The third-order valence-corrected chi connectivity index (χ3v) is 4.00. The number of aromatic amines is 3. The Morgan fingerprint density at radius 1 is 1.22 bits per heavy atom. The van der Waals surface area contributed by atoms with Crippen LogP contribution < -0.4 is 16.8 Å². The number of nitrogens with one attached hydrogen (secondary N) is 3. The molecule has 8 heteroatoms. The highest BCUT2D eigenvalue weighted by atomic mass is 16.2. The van der Waals surface area contributed by atoms with Crippen LogP contribution in [-0.2, 0) is 19.5 Å². The van der Waals surface area contributed by atoms with Gasteiger partial charge in [-0.2, -0.15) is 0 Å². The van der Waals surface area contributed by atoms with E-state index in [4.69, 9.17) is 0 Å². The summed E-state index contributed by atoms with van der Waals surface area (Å²) < 4.78 is 0. The zero-order chi connectivity index (χ0) is 16.6. The van der Waals surface area contributed by atoms with Crippen LogP contribution in [0.5, 0.6) is 0 Å². The van der Waals surface area contributed by atoms with Gasteiger partial charge in [0.15, 0.2) is 0 Å². The second-order valence-corrected chi connectivity index (χ2v) is 6.09. The molecule has 2 aromatic rings. The summed E-state index contributed by atoms with van der Waals surface area (Å²) >= 11 is 0. The lowest BCUT2D eigenvalue weighted by Crippen LogP contribution is -2.37. The normalized spacial score (nSPS) is 14.9. The van der Waals surface area contributed by atoms with E-state index in [0.717, 1.165) is 5.69 Å². The van der Waals surface area contributed by atoms with Gasteiger partial charge in [-0.3, -0.25) is 19.5 Å². The van der Waals surface area contributed by atoms with Crippen LogP contribution in [0.3, 0.4) is 0 Å². The monoisotopic (exact) mass is 317 g/mol. The molecule has 0 saturated carbocycles. The molecule has 0 fully saturated rings. The largest absolute Gasteiger partial charge is 0.325 e. The van der Waals surface area contributed by atoms with Crippen LogP contribution in [0.4, 0.5) is 0 Å². The van der Waals surface area contributed by atoms with Crippen molar-refractivity contribution >= 4 is 0 Å². The molecule has 3 N–H and O–H groups in total. The van der Waals surface area contributed by atoms with E-state index in [1.165, 1.54) is 6.20 Å². The van der Waals surface area contributed by atoms with E-state index in [0.29, 0.717) is 43.0 Å². The first-order valence-electron chi connectivity index (χ1n) is 7.59. The number of fused-ring (bicyclic) bond motifs is 1. The lowest BCUT2D eigenvalue weighted by molar-refractivity contribution is 0.240. The first-order chi connectivity index (χ1) is 10.9. The summed E-state index contributed by atoms with van der Waals surface area (Å²) in [6.45, 7) is 5.50. The van der Waals surface area contributed by atoms with Crippen molar-refractivity contribution in [3.63, 3.8) is 0 Å². The van der Waals surface area contributed by atoms with Crippen molar-refractivity contribution in [3.8, 4) is 0 Å². The van der Waals surface area contributed by atoms with Gasteiger partial charge in [-0.25, -0.2) is 9.78 Å². The van der Waals surface area contributed by atoms with Crippen molar-refractivity contribution in [2.24, 2.45) is 0 Å². The molecule has 0 radical (unpaired) electrons. The van der Waals surface area contributed by atoms with Gasteiger partial charge in [0.25, 0.3) is 11.1 Å². The Morgan fingerprint density at radius 3 is 2.70 bits per heavy atom. The molecule has 23 heavy (non-hydrogen) atoms. The first-order valence-corrected chi connectivity index (χ1v) is 7.59. The molecule has 0 amide bonds. The van der Waals surface area contributed by atoms with E-state index in [1.54, 1.807) is 0 Å². The molecule has 3 heterocycles. The van der Waals surface area contributed by atoms with Crippen LogP contribution in [0.2, 0.25) is 0 Å². The van der Waals surface area contributed by atoms with Crippen LogP contribution in [0.15, 0.2) is 20.6 Å². The number of hydrogen-bond acceptors (Lipinski definition) is 5. The smallest absolute Gasteiger partial charge is 0.314 e. The van der Waals surface area contributed by atoms with E-state index in [-0.39, 0.29) is 11.5 Å². The molecule has 0 atom stereocenters. The van der Waals surface area contributed by atoms with Crippen LogP contribution >= 0.6 is 0 Å². The summed E-state index contributed by atoms with van der Waals surface area (Å²) in [5.74, 6) is 0.880. The minimum atomic E-state index is -0.524. The molecule has 1 aliphatic heterocycles. The molecule has 2 aromatic heterocycles.